The summed E-state index contributed by atoms with van der Waals surface area (Å²) >= 11 is 0. The topological polar surface area (TPSA) is 35.2 Å². The Bertz CT molecular complexity index is 422. The van der Waals surface area contributed by atoms with Gasteiger partial charge in [0.25, 0.3) is 0 Å². The van der Waals surface area contributed by atoms with Crippen molar-refractivity contribution in [2.75, 3.05) is 6.54 Å². The van der Waals surface area contributed by atoms with E-state index in [2.05, 4.69) is 32.9 Å². The lowest BCUT2D eigenvalue weighted by molar-refractivity contribution is 0.205. The molecule has 0 spiro atoms. The first kappa shape index (κ1) is 14.4. The SMILES string of the molecule is Cc1ccc(C(C)CCN)c(OC2CCCC2)c1C. The smallest absolute Gasteiger partial charge is 0.126 e. The molecule has 1 aliphatic carbocycles. The molecule has 1 aliphatic rings. The van der Waals surface area contributed by atoms with Gasteiger partial charge in [0.2, 0.25) is 0 Å². The van der Waals surface area contributed by atoms with Gasteiger partial charge in [0.1, 0.15) is 5.75 Å². The minimum atomic E-state index is 0.421. The summed E-state index contributed by atoms with van der Waals surface area (Å²) in [6, 6.07) is 4.44. The standard InChI is InChI=1S/C17H27NO/c1-12-8-9-16(13(2)10-11-18)17(14(12)3)19-15-6-4-5-7-15/h8-9,13,15H,4-7,10-11,18H2,1-3H3. The van der Waals surface area contributed by atoms with E-state index in [-0.39, 0.29) is 0 Å². The Kier molecular flexibility index (Phi) is 4.87. The van der Waals surface area contributed by atoms with Crippen molar-refractivity contribution in [2.45, 2.75) is 64.9 Å². The van der Waals surface area contributed by atoms with Crippen LogP contribution in [0.3, 0.4) is 0 Å². The highest BCUT2D eigenvalue weighted by Gasteiger charge is 2.21. The number of rotatable bonds is 5. The van der Waals surface area contributed by atoms with Crippen LogP contribution in [0.1, 0.15) is 61.6 Å². The van der Waals surface area contributed by atoms with E-state index in [0.29, 0.717) is 12.0 Å². The Hall–Kier alpha value is -1.02. The fraction of sp³-hybridized carbons (Fsp3) is 0.647. The van der Waals surface area contributed by atoms with Crippen LogP contribution in [0.15, 0.2) is 12.1 Å². The third-order valence-corrected chi connectivity index (χ3v) is 4.42. The average Bonchev–Trinajstić information content (AvgIpc) is 2.88. The van der Waals surface area contributed by atoms with Gasteiger partial charge in [-0.3, -0.25) is 0 Å². The van der Waals surface area contributed by atoms with E-state index < -0.39 is 0 Å². The molecule has 1 atom stereocenters. The van der Waals surface area contributed by atoms with E-state index in [1.54, 1.807) is 0 Å². The molecule has 0 bridgehead atoms. The van der Waals surface area contributed by atoms with E-state index in [4.69, 9.17) is 10.5 Å². The van der Waals surface area contributed by atoms with Gasteiger partial charge in [0.15, 0.2) is 0 Å². The van der Waals surface area contributed by atoms with Gasteiger partial charge >= 0.3 is 0 Å². The summed E-state index contributed by atoms with van der Waals surface area (Å²) < 4.78 is 6.34. The summed E-state index contributed by atoms with van der Waals surface area (Å²) in [6.07, 6.45) is 6.47. The molecular weight excluding hydrogens is 234 g/mol. The summed E-state index contributed by atoms with van der Waals surface area (Å²) in [5, 5.41) is 0. The number of aryl methyl sites for hydroxylation is 1. The molecule has 1 fully saturated rings. The van der Waals surface area contributed by atoms with Crippen molar-refractivity contribution in [2.24, 2.45) is 5.73 Å². The first-order valence-corrected chi connectivity index (χ1v) is 7.60. The molecule has 1 aromatic carbocycles. The number of ether oxygens (including phenoxy) is 1. The second kappa shape index (κ2) is 6.42. The quantitative estimate of drug-likeness (QED) is 0.867. The Morgan fingerprint density at radius 3 is 2.58 bits per heavy atom. The highest BCUT2D eigenvalue weighted by atomic mass is 16.5. The average molecular weight is 261 g/mol. The predicted molar refractivity (Wildman–Crippen MR) is 80.9 cm³/mol. The van der Waals surface area contributed by atoms with Crippen LogP contribution in [0, 0.1) is 13.8 Å². The van der Waals surface area contributed by atoms with Gasteiger partial charge in [0, 0.05) is 0 Å². The van der Waals surface area contributed by atoms with Crippen molar-refractivity contribution in [3.05, 3.63) is 28.8 Å². The molecule has 2 rings (SSSR count). The minimum absolute atomic E-state index is 0.421. The molecule has 0 aromatic heterocycles. The molecule has 0 aliphatic heterocycles. The number of nitrogens with two attached hydrogens (primary N) is 1. The third kappa shape index (κ3) is 3.30. The van der Waals surface area contributed by atoms with Crippen molar-refractivity contribution in [1.82, 2.24) is 0 Å². The van der Waals surface area contributed by atoms with Crippen molar-refractivity contribution in [1.29, 1.82) is 0 Å². The zero-order chi connectivity index (χ0) is 13.8. The Balaban J connectivity index is 2.28. The van der Waals surface area contributed by atoms with Crippen LogP contribution in [0.4, 0.5) is 0 Å². The minimum Gasteiger partial charge on any atom is -0.490 e. The van der Waals surface area contributed by atoms with Crippen molar-refractivity contribution in [3.63, 3.8) is 0 Å². The molecule has 2 heteroatoms. The van der Waals surface area contributed by atoms with Gasteiger partial charge in [-0.25, -0.2) is 0 Å². The number of benzene rings is 1. The van der Waals surface area contributed by atoms with Gasteiger partial charge in [-0.2, -0.15) is 0 Å². The van der Waals surface area contributed by atoms with Gasteiger partial charge in [-0.1, -0.05) is 19.1 Å². The summed E-state index contributed by atoms with van der Waals surface area (Å²) in [6.45, 7) is 7.32. The Morgan fingerprint density at radius 2 is 1.95 bits per heavy atom. The molecule has 0 amide bonds. The second-order valence-corrected chi connectivity index (χ2v) is 5.93. The van der Waals surface area contributed by atoms with Crippen LogP contribution in [0.2, 0.25) is 0 Å². The first-order valence-electron chi connectivity index (χ1n) is 7.60. The van der Waals surface area contributed by atoms with Crippen molar-refractivity contribution >= 4 is 0 Å². The van der Waals surface area contributed by atoms with Crippen LogP contribution in [-0.2, 0) is 0 Å². The molecule has 0 heterocycles. The molecular formula is C17H27NO. The maximum Gasteiger partial charge on any atom is 0.126 e. The van der Waals surface area contributed by atoms with E-state index >= 15 is 0 Å². The zero-order valence-electron chi connectivity index (χ0n) is 12.5. The van der Waals surface area contributed by atoms with Crippen molar-refractivity contribution in [3.8, 4) is 5.75 Å². The monoisotopic (exact) mass is 261 g/mol. The molecule has 1 saturated carbocycles. The number of hydrogen-bond donors (Lipinski definition) is 1. The lowest BCUT2D eigenvalue weighted by atomic mass is 9.93. The molecule has 2 N–H and O–H groups in total. The maximum atomic E-state index is 6.34. The van der Waals surface area contributed by atoms with Gasteiger partial charge in [-0.15, -0.1) is 0 Å². The van der Waals surface area contributed by atoms with Crippen LogP contribution in [0.5, 0.6) is 5.75 Å². The third-order valence-electron chi connectivity index (χ3n) is 4.42. The van der Waals surface area contributed by atoms with Gasteiger partial charge in [0.05, 0.1) is 6.10 Å². The molecule has 2 nitrogen and oxygen atoms in total. The molecule has 1 unspecified atom stereocenters. The number of hydrogen-bond acceptors (Lipinski definition) is 2. The largest absolute Gasteiger partial charge is 0.490 e. The summed E-state index contributed by atoms with van der Waals surface area (Å²) in [5.74, 6) is 1.61. The van der Waals surface area contributed by atoms with Crippen LogP contribution in [0.25, 0.3) is 0 Å². The molecule has 19 heavy (non-hydrogen) atoms. The van der Waals surface area contributed by atoms with Gasteiger partial charge in [-0.05, 0) is 75.1 Å². The molecule has 1 aromatic rings. The molecule has 0 saturated heterocycles. The van der Waals surface area contributed by atoms with E-state index in [9.17, 15) is 0 Å². The normalized spacial score (nSPS) is 17.7. The van der Waals surface area contributed by atoms with E-state index in [0.717, 1.165) is 18.7 Å². The first-order chi connectivity index (χ1) is 9.13. The maximum absolute atomic E-state index is 6.34. The zero-order valence-corrected chi connectivity index (χ0v) is 12.5. The van der Waals surface area contributed by atoms with E-state index in [1.165, 1.54) is 42.4 Å². The fourth-order valence-electron chi connectivity index (χ4n) is 2.93. The molecule has 0 radical (unpaired) electrons. The summed E-state index contributed by atoms with van der Waals surface area (Å²) in [7, 11) is 0. The molecule has 106 valence electrons. The highest BCUT2D eigenvalue weighted by Crippen LogP contribution is 2.36. The Labute approximate surface area is 117 Å². The summed E-state index contributed by atoms with van der Waals surface area (Å²) in [5.41, 5.74) is 9.66. The lowest BCUT2D eigenvalue weighted by Gasteiger charge is -2.23. The van der Waals surface area contributed by atoms with Crippen LogP contribution >= 0.6 is 0 Å². The van der Waals surface area contributed by atoms with Crippen LogP contribution in [-0.4, -0.2) is 12.6 Å². The highest BCUT2D eigenvalue weighted by molar-refractivity contribution is 5.47. The Morgan fingerprint density at radius 1 is 1.26 bits per heavy atom. The van der Waals surface area contributed by atoms with Crippen LogP contribution < -0.4 is 10.5 Å². The van der Waals surface area contributed by atoms with Gasteiger partial charge < -0.3 is 10.5 Å². The van der Waals surface area contributed by atoms with Crippen molar-refractivity contribution < 1.29 is 4.74 Å². The lowest BCUT2D eigenvalue weighted by Crippen LogP contribution is -2.15. The predicted octanol–water partition coefficient (Wildman–Crippen LogP) is 4.08. The fourth-order valence-corrected chi connectivity index (χ4v) is 2.93. The van der Waals surface area contributed by atoms with E-state index in [1.807, 2.05) is 0 Å². The second-order valence-electron chi connectivity index (χ2n) is 5.93. The summed E-state index contributed by atoms with van der Waals surface area (Å²) in [4.78, 5) is 0.